The Labute approximate surface area is 334 Å². The average molecular weight is 747 g/mol. The summed E-state index contributed by atoms with van der Waals surface area (Å²) >= 11 is 0. The number of furan rings is 1. The third-order valence-corrected chi connectivity index (χ3v) is 12.5. The zero-order valence-corrected chi connectivity index (χ0v) is 31.8. The fraction of sp³-hybridized carbons (Fsp3) is 0.0566. The van der Waals surface area contributed by atoms with Gasteiger partial charge in [-0.1, -0.05) is 86.6 Å². The summed E-state index contributed by atoms with van der Waals surface area (Å²) in [4.78, 5) is 4.60. The smallest absolute Gasteiger partial charge is 0.151 e. The van der Waals surface area contributed by atoms with Gasteiger partial charge in [-0.25, -0.2) is 0 Å². The van der Waals surface area contributed by atoms with Crippen LogP contribution in [0.2, 0.25) is 0 Å². The molecular formula is C53H34N2O3. The van der Waals surface area contributed by atoms with Crippen molar-refractivity contribution in [3.05, 3.63) is 181 Å². The van der Waals surface area contributed by atoms with Crippen molar-refractivity contribution < 1.29 is 13.9 Å². The van der Waals surface area contributed by atoms with E-state index in [0.29, 0.717) is 0 Å². The lowest BCUT2D eigenvalue weighted by molar-refractivity contribution is 0.477. The van der Waals surface area contributed by atoms with E-state index in [2.05, 4.69) is 145 Å². The summed E-state index contributed by atoms with van der Waals surface area (Å²) in [6.45, 7) is 4.68. The molecule has 5 heteroatoms. The molecule has 10 aromatic rings. The Hall–Kier alpha value is -7.50. The van der Waals surface area contributed by atoms with E-state index in [1.807, 2.05) is 48.5 Å². The summed E-state index contributed by atoms with van der Waals surface area (Å²) in [6, 6.07) is 60.3. The van der Waals surface area contributed by atoms with Crippen molar-refractivity contribution in [3.63, 3.8) is 0 Å². The number of hydrogen-bond donors (Lipinski definition) is 0. The minimum atomic E-state index is -0.218. The fourth-order valence-corrected chi connectivity index (χ4v) is 9.76. The molecule has 0 saturated heterocycles. The minimum Gasteiger partial charge on any atom is -0.455 e. The second-order valence-electron chi connectivity index (χ2n) is 16.1. The molecule has 9 aromatic carbocycles. The number of anilines is 6. The predicted octanol–water partition coefficient (Wildman–Crippen LogP) is 15.3. The van der Waals surface area contributed by atoms with E-state index < -0.39 is 0 Å². The Bertz CT molecular complexity index is 3320. The molecule has 1 aromatic heterocycles. The SMILES string of the molecule is CC1(C)c2cc3cc(N4c5ccccc5Oc5ccccc54)ccc3cc2-c2c1ccc1c2oc2cc3cc(N4c5ccccc5Oc5ccccc54)ccc3cc21. The number of rotatable bonds is 2. The first-order valence-electron chi connectivity index (χ1n) is 19.8. The second kappa shape index (κ2) is 11.3. The van der Waals surface area contributed by atoms with Crippen LogP contribution >= 0.6 is 0 Å². The standard InChI is InChI=1S/C53H34N2O3/c1-53(2)40-24-23-37-38-27-31-19-21-36(55-44-13-5-9-17-48(44)57-49-18-10-6-14-45(49)55)26-34(31)30-50(38)58-52(37)51(40)39-28-32-20-22-35(25-33(32)29-41(39)53)54-42-11-3-7-15-46(42)56-47-16-8-4-12-43(47)54/h3-30H,1-2H3. The molecule has 13 rings (SSSR count). The van der Waals surface area contributed by atoms with Crippen LogP contribution in [0.3, 0.4) is 0 Å². The van der Waals surface area contributed by atoms with Gasteiger partial charge in [-0.3, -0.25) is 0 Å². The summed E-state index contributed by atoms with van der Waals surface area (Å²) in [5, 5.41) is 6.95. The highest BCUT2D eigenvalue weighted by Gasteiger charge is 2.38. The first-order chi connectivity index (χ1) is 28.5. The van der Waals surface area contributed by atoms with Crippen LogP contribution in [0.15, 0.2) is 174 Å². The predicted molar refractivity (Wildman–Crippen MR) is 236 cm³/mol. The largest absolute Gasteiger partial charge is 0.455 e. The van der Waals surface area contributed by atoms with Gasteiger partial charge in [0.15, 0.2) is 23.0 Å². The normalized spacial score (nSPS) is 14.4. The minimum absolute atomic E-state index is 0.218. The zero-order chi connectivity index (χ0) is 38.3. The van der Waals surface area contributed by atoms with Gasteiger partial charge in [0.05, 0.1) is 22.7 Å². The topological polar surface area (TPSA) is 38.1 Å². The lowest BCUT2D eigenvalue weighted by atomic mass is 9.81. The van der Waals surface area contributed by atoms with Gasteiger partial charge in [0.2, 0.25) is 0 Å². The first-order valence-corrected chi connectivity index (χ1v) is 19.8. The Kier molecular flexibility index (Phi) is 6.17. The van der Waals surface area contributed by atoms with E-state index in [1.54, 1.807) is 0 Å². The Morgan fingerprint density at radius 2 is 0.914 bits per heavy atom. The van der Waals surface area contributed by atoms with E-state index in [4.69, 9.17) is 13.9 Å². The van der Waals surface area contributed by atoms with Crippen LogP contribution in [-0.2, 0) is 5.41 Å². The number of ether oxygens (including phenoxy) is 2. The van der Waals surface area contributed by atoms with E-state index in [-0.39, 0.29) is 5.41 Å². The van der Waals surface area contributed by atoms with Crippen LogP contribution in [0.25, 0.3) is 54.6 Å². The van der Waals surface area contributed by atoms with Crippen molar-refractivity contribution in [2.75, 3.05) is 9.80 Å². The van der Waals surface area contributed by atoms with Gasteiger partial charge < -0.3 is 23.7 Å². The Morgan fingerprint density at radius 3 is 1.47 bits per heavy atom. The molecule has 0 amide bonds. The zero-order valence-electron chi connectivity index (χ0n) is 31.8. The molecule has 1 aliphatic carbocycles. The number of para-hydroxylation sites is 8. The van der Waals surface area contributed by atoms with E-state index in [1.165, 1.54) is 38.4 Å². The molecule has 274 valence electrons. The van der Waals surface area contributed by atoms with Gasteiger partial charge in [-0.05, 0) is 135 Å². The van der Waals surface area contributed by atoms with Gasteiger partial charge in [0, 0.05) is 33.1 Å². The van der Waals surface area contributed by atoms with Gasteiger partial charge in [-0.2, -0.15) is 0 Å². The number of fused-ring (bicyclic) bond motifs is 13. The summed E-state index contributed by atoms with van der Waals surface area (Å²) in [5.41, 5.74) is 12.9. The molecule has 2 aliphatic heterocycles. The van der Waals surface area contributed by atoms with Crippen LogP contribution in [0.5, 0.6) is 23.0 Å². The fourth-order valence-electron chi connectivity index (χ4n) is 9.76. The molecule has 0 fully saturated rings. The van der Waals surface area contributed by atoms with E-state index >= 15 is 0 Å². The maximum Gasteiger partial charge on any atom is 0.151 e. The highest BCUT2D eigenvalue weighted by Crippen LogP contribution is 2.56. The molecule has 0 bridgehead atoms. The molecule has 0 atom stereocenters. The monoisotopic (exact) mass is 746 g/mol. The van der Waals surface area contributed by atoms with E-state index in [0.717, 1.165) is 84.4 Å². The van der Waals surface area contributed by atoms with Gasteiger partial charge >= 0.3 is 0 Å². The van der Waals surface area contributed by atoms with Crippen LogP contribution in [0.1, 0.15) is 25.0 Å². The van der Waals surface area contributed by atoms with Crippen LogP contribution in [-0.4, -0.2) is 0 Å². The maximum absolute atomic E-state index is 6.98. The summed E-state index contributed by atoms with van der Waals surface area (Å²) < 4.78 is 19.6. The van der Waals surface area contributed by atoms with Crippen LogP contribution in [0, 0.1) is 0 Å². The van der Waals surface area contributed by atoms with Crippen LogP contribution in [0.4, 0.5) is 34.1 Å². The molecule has 58 heavy (non-hydrogen) atoms. The number of nitrogens with zero attached hydrogens (tertiary/aromatic N) is 2. The van der Waals surface area contributed by atoms with Crippen molar-refractivity contribution >= 4 is 77.6 Å². The molecule has 3 aliphatic rings. The maximum atomic E-state index is 6.98. The molecule has 0 N–H and O–H groups in total. The Balaban J connectivity index is 0.948. The van der Waals surface area contributed by atoms with Gasteiger partial charge in [-0.15, -0.1) is 0 Å². The van der Waals surface area contributed by atoms with Crippen molar-refractivity contribution in [2.45, 2.75) is 19.3 Å². The van der Waals surface area contributed by atoms with E-state index in [9.17, 15) is 0 Å². The molecule has 0 unspecified atom stereocenters. The highest BCUT2D eigenvalue weighted by molar-refractivity contribution is 6.15. The van der Waals surface area contributed by atoms with Gasteiger partial charge in [0.25, 0.3) is 0 Å². The molecule has 5 nitrogen and oxygen atoms in total. The number of benzene rings is 9. The summed E-state index contributed by atoms with van der Waals surface area (Å²) in [6.07, 6.45) is 0. The number of hydrogen-bond acceptors (Lipinski definition) is 5. The highest BCUT2D eigenvalue weighted by atomic mass is 16.5. The molecule has 0 spiro atoms. The van der Waals surface area contributed by atoms with Gasteiger partial charge in [0.1, 0.15) is 11.2 Å². The molecule has 3 heterocycles. The second-order valence-corrected chi connectivity index (χ2v) is 16.1. The Morgan fingerprint density at radius 1 is 0.414 bits per heavy atom. The average Bonchev–Trinajstić information content (AvgIpc) is 3.73. The molecular weight excluding hydrogens is 713 g/mol. The lowest BCUT2D eigenvalue weighted by Crippen LogP contribution is -2.16. The first kappa shape index (κ1) is 31.7. The summed E-state index contributed by atoms with van der Waals surface area (Å²) in [7, 11) is 0. The third kappa shape index (κ3) is 4.30. The molecule has 0 saturated carbocycles. The summed E-state index contributed by atoms with van der Waals surface area (Å²) in [5.74, 6) is 3.38. The van der Waals surface area contributed by atoms with Crippen molar-refractivity contribution in [3.8, 4) is 34.1 Å². The molecule has 0 radical (unpaired) electrons. The third-order valence-electron chi connectivity index (χ3n) is 12.5. The van der Waals surface area contributed by atoms with Crippen molar-refractivity contribution in [1.29, 1.82) is 0 Å². The van der Waals surface area contributed by atoms with Crippen LogP contribution < -0.4 is 19.3 Å². The van der Waals surface area contributed by atoms with Crippen molar-refractivity contribution in [2.24, 2.45) is 0 Å². The van der Waals surface area contributed by atoms with Crippen molar-refractivity contribution in [1.82, 2.24) is 0 Å². The quantitative estimate of drug-likeness (QED) is 0.176. The lowest BCUT2D eigenvalue weighted by Gasteiger charge is -2.33.